The molecule has 1 aliphatic heterocycles. The molecule has 0 N–H and O–H groups in total. The third kappa shape index (κ3) is 3.57. The smallest absolute Gasteiger partial charge is 0.487 e. The second-order valence-corrected chi connectivity index (χ2v) is 3.92. The number of carbonyl (C=O) groups is 1. The van der Waals surface area contributed by atoms with Crippen molar-refractivity contribution in [3.63, 3.8) is 0 Å². The molecule has 0 unspecified atom stereocenters. The van der Waals surface area contributed by atoms with Crippen LogP contribution in [0.25, 0.3) is 0 Å². The highest BCUT2D eigenvalue weighted by Gasteiger charge is 2.44. The number of benzene rings is 1. The number of nitrogens with zero attached hydrogens (tertiary/aromatic N) is 1. The van der Waals surface area contributed by atoms with Gasteiger partial charge in [0.25, 0.3) is 0 Å². The molecule has 0 bridgehead atoms. The van der Waals surface area contributed by atoms with E-state index in [2.05, 4.69) is 4.84 Å². The van der Waals surface area contributed by atoms with E-state index in [1.54, 1.807) is 0 Å². The van der Waals surface area contributed by atoms with Crippen molar-refractivity contribution in [2.75, 3.05) is 13.1 Å². The number of hydroxylamine groups is 2. The van der Waals surface area contributed by atoms with Crippen molar-refractivity contribution < 1.29 is 31.9 Å². The van der Waals surface area contributed by atoms with Gasteiger partial charge in [0, 0.05) is 6.07 Å². The molecule has 4 nitrogen and oxygen atoms in total. The van der Waals surface area contributed by atoms with Gasteiger partial charge in [-0.3, -0.25) is 0 Å². The second kappa shape index (κ2) is 5.04. The van der Waals surface area contributed by atoms with Gasteiger partial charge in [0.2, 0.25) is 0 Å². The number of hydrogen-bond donors (Lipinski definition) is 0. The van der Waals surface area contributed by atoms with E-state index in [1.807, 2.05) is 0 Å². The summed E-state index contributed by atoms with van der Waals surface area (Å²) in [7, 11) is 0. The van der Waals surface area contributed by atoms with E-state index >= 15 is 0 Å². The topological polar surface area (TPSA) is 38.8 Å². The lowest BCUT2D eigenvalue weighted by atomic mass is 10.2. The first-order valence-electron chi connectivity index (χ1n) is 5.31. The normalized spacial score (nSPS) is 16.8. The van der Waals surface area contributed by atoms with Gasteiger partial charge in [0.1, 0.15) is 17.7 Å². The molecule has 0 aromatic heterocycles. The van der Waals surface area contributed by atoms with Crippen molar-refractivity contribution in [2.24, 2.45) is 0 Å². The quantitative estimate of drug-likeness (QED) is 0.792. The highest BCUT2D eigenvalue weighted by Crippen LogP contribution is 2.22. The lowest BCUT2D eigenvalue weighted by Gasteiger charge is -2.36. The zero-order chi connectivity index (χ0) is 14.0. The molecule has 0 atom stereocenters. The number of alkyl halides is 3. The molecule has 8 heteroatoms. The summed E-state index contributed by atoms with van der Waals surface area (Å²) in [5.41, 5.74) is 0. The van der Waals surface area contributed by atoms with Crippen LogP contribution in [0.1, 0.15) is 0 Å². The third-order valence-corrected chi connectivity index (χ3v) is 2.36. The number of ether oxygens (including phenoxy) is 1. The largest absolute Gasteiger partial charge is 0.492 e. The van der Waals surface area contributed by atoms with Crippen molar-refractivity contribution in [1.29, 1.82) is 0 Å². The van der Waals surface area contributed by atoms with Crippen LogP contribution in [-0.4, -0.2) is 36.4 Å². The molecule has 1 heterocycles. The summed E-state index contributed by atoms with van der Waals surface area (Å²) < 4.78 is 53.8. The van der Waals surface area contributed by atoms with Gasteiger partial charge in [0.05, 0.1) is 13.1 Å². The minimum Gasteiger partial charge on any atom is -0.487 e. The molecule has 0 aliphatic carbocycles. The predicted molar refractivity (Wildman–Crippen MR) is 54.5 cm³/mol. The molecule has 2 rings (SSSR count). The molecule has 0 radical (unpaired) electrons. The zero-order valence-electron chi connectivity index (χ0n) is 9.48. The monoisotopic (exact) mass is 279 g/mol. The predicted octanol–water partition coefficient (Wildman–Crippen LogP) is 1.91. The average molecular weight is 279 g/mol. The maximum atomic E-state index is 12.8. The third-order valence-electron chi connectivity index (χ3n) is 2.36. The van der Waals surface area contributed by atoms with E-state index in [1.165, 1.54) is 18.2 Å². The van der Waals surface area contributed by atoms with E-state index in [-0.39, 0.29) is 18.8 Å². The number of hydrogen-bond acceptors (Lipinski definition) is 4. The van der Waals surface area contributed by atoms with Gasteiger partial charge < -0.3 is 9.57 Å². The maximum Gasteiger partial charge on any atom is 0.492 e. The average Bonchev–Trinajstić information content (AvgIpc) is 2.24. The first-order chi connectivity index (χ1) is 8.84. The minimum absolute atomic E-state index is 0.00165. The first-order valence-corrected chi connectivity index (χ1v) is 5.31. The van der Waals surface area contributed by atoms with Crippen molar-refractivity contribution in [3.05, 3.63) is 30.1 Å². The summed E-state index contributed by atoms with van der Waals surface area (Å²) in [6.07, 6.45) is -5.46. The van der Waals surface area contributed by atoms with Gasteiger partial charge in [-0.25, -0.2) is 9.18 Å². The molecule has 1 aromatic carbocycles. The van der Waals surface area contributed by atoms with Crippen molar-refractivity contribution in [3.8, 4) is 5.75 Å². The summed E-state index contributed by atoms with van der Waals surface area (Å²) in [5, 5.41) is 0.833. The summed E-state index contributed by atoms with van der Waals surface area (Å²) in [6, 6.07) is 5.37. The Kier molecular flexibility index (Phi) is 3.61. The highest BCUT2D eigenvalue weighted by molar-refractivity contribution is 5.75. The van der Waals surface area contributed by atoms with Gasteiger partial charge in [0.15, 0.2) is 0 Å². The fraction of sp³-hybridized carbons (Fsp3) is 0.364. The van der Waals surface area contributed by atoms with Crippen LogP contribution in [0.5, 0.6) is 5.75 Å². The van der Waals surface area contributed by atoms with Crippen molar-refractivity contribution in [2.45, 2.75) is 12.3 Å². The van der Waals surface area contributed by atoms with Crippen molar-refractivity contribution in [1.82, 2.24) is 5.06 Å². The van der Waals surface area contributed by atoms with Crippen LogP contribution in [0.3, 0.4) is 0 Å². The molecule has 1 fully saturated rings. The van der Waals surface area contributed by atoms with Crippen LogP contribution in [0.2, 0.25) is 0 Å². The van der Waals surface area contributed by atoms with E-state index in [0.29, 0.717) is 0 Å². The maximum absolute atomic E-state index is 12.8. The Hall–Kier alpha value is -1.83. The Bertz CT molecular complexity index is 471. The van der Waals surface area contributed by atoms with E-state index < -0.39 is 24.1 Å². The summed E-state index contributed by atoms with van der Waals surface area (Å²) >= 11 is 0. The second-order valence-electron chi connectivity index (χ2n) is 3.92. The van der Waals surface area contributed by atoms with Crippen LogP contribution in [0.4, 0.5) is 17.6 Å². The highest BCUT2D eigenvalue weighted by atomic mass is 19.4. The van der Waals surface area contributed by atoms with Gasteiger partial charge in [-0.2, -0.15) is 13.2 Å². The Morgan fingerprint density at radius 1 is 1.32 bits per heavy atom. The molecular weight excluding hydrogens is 270 g/mol. The zero-order valence-corrected chi connectivity index (χ0v) is 9.48. The molecule has 1 aromatic rings. The number of carbonyl (C=O) groups excluding carboxylic acids is 1. The molecule has 0 saturated carbocycles. The van der Waals surface area contributed by atoms with E-state index in [4.69, 9.17) is 4.74 Å². The molecule has 1 aliphatic rings. The Labute approximate surface area is 105 Å². The van der Waals surface area contributed by atoms with Crippen LogP contribution < -0.4 is 4.74 Å². The summed E-state index contributed by atoms with van der Waals surface area (Å²) in [5.74, 6) is -2.47. The Balaban J connectivity index is 1.76. The van der Waals surface area contributed by atoms with Crippen LogP contribution in [0, 0.1) is 5.82 Å². The number of rotatable bonds is 3. The van der Waals surface area contributed by atoms with E-state index in [0.717, 1.165) is 11.1 Å². The molecule has 0 amide bonds. The van der Waals surface area contributed by atoms with Gasteiger partial charge in [-0.05, 0) is 12.1 Å². The lowest BCUT2D eigenvalue weighted by Crippen LogP contribution is -2.55. The van der Waals surface area contributed by atoms with Crippen molar-refractivity contribution >= 4 is 5.97 Å². The van der Waals surface area contributed by atoms with Crippen LogP contribution in [0.15, 0.2) is 24.3 Å². The molecule has 19 heavy (non-hydrogen) atoms. The molecule has 0 spiro atoms. The summed E-state index contributed by atoms with van der Waals surface area (Å²) in [4.78, 5) is 14.6. The molecule has 1 saturated heterocycles. The van der Waals surface area contributed by atoms with Gasteiger partial charge in [-0.1, -0.05) is 6.07 Å². The molecule has 104 valence electrons. The van der Waals surface area contributed by atoms with Crippen LogP contribution >= 0.6 is 0 Å². The van der Waals surface area contributed by atoms with Gasteiger partial charge in [-0.15, -0.1) is 5.06 Å². The standard InChI is InChI=1S/C11H9F4NO3/c12-7-2-1-3-8(4-7)18-9-5-16(6-9)19-10(17)11(13,14)15/h1-4,9H,5-6H2. The van der Waals surface area contributed by atoms with Crippen LogP contribution in [-0.2, 0) is 9.63 Å². The van der Waals surface area contributed by atoms with E-state index in [9.17, 15) is 22.4 Å². The SMILES string of the molecule is O=C(ON1CC(Oc2cccc(F)c2)C1)C(F)(F)F. The Morgan fingerprint density at radius 2 is 2.00 bits per heavy atom. The summed E-state index contributed by atoms with van der Waals surface area (Å²) in [6.45, 7) is -0.00331. The fourth-order valence-electron chi connectivity index (χ4n) is 1.45. The number of halogens is 4. The minimum atomic E-state index is -5.02. The Morgan fingerprint density at radius 3 is 2.58 bits per heavy atom. The lowest BCUT2D eigenvalue weighted by molar-refractivity contribution is -0.262. The first kappa shape index (κ1) is 13.6. The molecular formula is C11H9F4NO3. The fourth-order valence-corrected chi connectivity index (χ4v) is 1.45. The van der Waals surface area contributed by atoms with Gasteiger partial charge >= 0.3 is 12.1 Å².